The first-order valence-electron chi connectivity index (χ1n) is 10.8. The quantitative estimate of drug-likeness (QED) is 0.203. The molecule has 0 amide bonds. The van der Waals surface area contributed by atoms with Gasteiger partial charge in [0.1, 0.15) is 0 Å². The fraction of sp³-hybridized carbons (Fsp3) is 0.955. The molecule has 0 atom stereocenters. The summed E-state index contributed by atoms with van der Waals surface area (Å²) in [5.41, 5.74) is -0.204. The van der Waals surface area contributed by atoms with Gasteiger partial charge in [0.05, 0.1) is 12.0 Å². The van der Waals surface area contributed by atoms with E-state index < -0.39 is 0 Å². The Labute approximate surface area is 152 Å². The second kappa shape index (κ2) is 16.0. The van der Waals surface area contributed by atoms with Gasteiger partial charge < -0.3 is 4.74 Å². The molecule has 2 heteroatoms. The summed E-state index contributed by atoms with van der Waals surface area (Å²) in [5.74, 6) is 0.103. The van der Waals surface area contributed by atoms with Gasteiger partial charge in [0.15, 0.2) is 0 Å². The van der Waals surface area contributed by atoms with E-state index in [4.69, 9.17) is 4.74 Å². The molecule has 0 aliphatic rings. The molecule has 0 spiro atoms. The lowest BCUT2D eigenvalue weighted by Crippen LogP contribution is -2.33. The van der Waals surface area contributed by atoms with Gasteiger partial charge in [-0.3, -0.25) is 4.79 Å². The summed E-state index contributed by atoms with van der Waals surface area (Å²) in [6.07, 6.45) is 17.5. The van der Waals surface area contributed by atoms with E-state index >= 15 is 0 Å². The van der Waals surface area contributed by atoms with Crippen molar-refractivity contribution < 1.29 is 9.53 Å². The molecule has 0 heterocycles. The van der Waals surface area contributed by atoms with Gasteiger partial charge in [-0.25, -0.2) is 0 Å². The van der Waals surface area contributed by atoms with Crippen LogP contribution in [0.1, 0.15) is 124 Å². The summed E-state index contributed by atoms with van der Waals surface area (Å²) in [7, 11) is 0. The van der Waals surface area contributed by atoms with Crippen molar-refractivity contribution in [3.63, 3.8) is 0 Å². The van der Waals surface area contributed by atoms with Crippen molar-refractivity contribution in [1.82, 2.24) is 0 Å². The number of hydrogen-bond donors (Lipinski definition) is 0. The molecule has 0 aliphatic carbocycles. The molecule has 0 saturated heterocycles. The normalized spacial score (nSPS) is 11.7. The number of carbonyl (C=O) groups is 1. The van der Waals surface area contributed by atoms with Crippen molar-refractivity contribution in [2.75, 3.05) is 6.61 Å². The number of ether oxygens (including phenoxy) is 1. The van der Waals surface area contributed by atoms with E-state index in [0.29, 0.717) is 6.61 Å². The minimum atomic E-state index is -0.204. The maximum atomic E-state index is 12.9. The lowest BCUT2D eigenvalue weighted by atomic mass is 9.74. The Morgan fingerprint density at radius 3 is 1.62 bits per heavy atom. The van der Waals surface area contributed by atoms with Crippen molar-refractivity contribution in [2.45, 2.75) is 124 Å². The zero-order valence-electron chi connectivity index (χ0n) is 17.1. The summed E-state index contributed by atoms with van der Waals surface area (Å²) < 4.78 is 5.70. The third kappa shape index (κ3) is 10.4. The zero-order valence-corrected chi connectivity index (χ0v) is 17.1. The maximum Gasteiger partial charge on any atom is 0.312 e. The molecular formula is C22H44O2. The summed E-state index contributed by atoms with van der Waals surface area (Å²) in [5, 5.41) is 0. The molecule has 0 fully saturated rings. The predicted molar refractivity (Wildman–Crippen MR) is 105 cm³/mol. The molecule has 0 aliphatic heterocycles. The van der Waals surface area contributed by atoms with Crippen LogP contribution in [0.4, 0.5) is 0 Å². The minimum absolute atomic E-state index is 0.103. The topological polar surface area (TPSA) is 26.3 Å². The number of hydrogen-bond acceptors (Lipinski definition) is 2. The van der Waals surface area contributed by atoms with Crippen LogP contribution in [0.2, 0.25) is 0 Å². The third-order valence-electron chi connectivity index (χ3n) is 5.19. The molecule has 0 aromatic carbocycles. The van der Waals surface area contributed by atoms with E-state index in [-0.39, 0.29) is 11.4 Å². The highest BCUT2D eigenvalue weighted by atomic mass is 16.5. The Hall–Kier alpha value is -0.530. The van der Waals surface area contributed by atoms with Crippen LogP contribution < -0.4 is 0 Å². The van der Waals surface area contributed by atoms with Gasteiger partial charge in [-0.05, 0) is 25.7 Å². The first kappa shape index (κ1) is 23.5. The van der Waals surface area contributed by atoms with Crippen LogP contribution in [0.15, 0.2) is 0 Å². The molecule has 0 rings (SSSR count). The Morgan fingerprint density at radius 1 is 0.625 bits per heavy atom. The predicted octanol–water partition coefficient (Wildman–Crippen LogP) is 7.45. The van der Waals surface area contributed by atoms with Crippen molar-refractivity contribution in [3.05, 3.63) is 0 Å². The largest absolute Gasteiger partial charge is 0.465 e. The highest BCUT2D eigenvalue weighted by Gasteiger charge is 2.37. The van der Waals surface area contributed by atoms with Gasteiger partial charge in [0.25, 0.3) is 0 Å². The molecule has 0 unspecified atom stereocenters. The van der Waals surface area contributed by atoms with E-state index in [0.717, 1.165) is 57.8 Å². The molecule has 0 N–H and O–H groups in total. The SMILES string of the molecule is CCCCCCCCC(CCCC)(CCCC)C(=O)OCCCC. The zero-order chi connectivity index (χ0) is 18.1. The third-order valence-corrected chi connectivity index (χ3v) is 5.19. The lowest BCUT2D eigenvalue weighted by Gasteiger charge is -2.32. The maximum absolute atomic E-state index is 12.9. The summed E-state index contributed by atoms with van der Waals surface area (Å²) >= 11 is 0. The van der Waals surface area contributed by atoms with Crippen LogP contribution in [0, 0.1) is 5.41 Å². The van der Waals surface area contributed by atoms with Crippen molar-refractivity contribution in [2.24, 2.45) is 5.41 Å². The van der Waals surface area contributed by atoms with E-state index in [1.54, 1.807) is 0 Å². The average molecular weight is 341 g/mol. The fourth-order valence-electron chi connectivity index (χ4n) is 3.42. The average Bonchev–Trinajstić information content (AvgIpc) is 2.60. The summed E-state index contributed by atoms with van der Waals surface area (Å²) in [6.45, 7) is 9.44. The molecule has 2 nitrogen and oxygen atoms in total. The van der Waals surface area contributed by atoms with E-state index in [2.05, 4.69) is 27.7 Å². The Kier molecular flexibility index (Phi) is 15.6. The first-order chi connectivity index (χ1) is 11.7. The van der Waals surface area contributed by atoms with Gasteiger partial charge >= 0.3 is 5.97 Å². The van der Waals surface area contributed by atoms with Crippen LogP contribution in [0.25, 0.3) is 0 Å². The Bertz CT molecular complexity index is 278. The summed E-state index contributed by atoms with van der Waals surface area (Å²) in [4.78, 5) is 12.9. The second-order valence-electron chi connectivity index (χ2n) is 7.49. The van der Waals surface area contributed by atoms with Crippen LogP contribution in [-0.4, -0.2) is 12.6 Å². The standard InChI is InChI=1S/C22H44O2/c1-5-9-13-14-15-16-19-22(17-10-6-2,18-11-7-3)21(23)24-20-12-8-4/h5-20H2,1-4H3. The molecule has 144 valence electrons. The van der Waals surface area contributed by atoms with Crippen LogP contribution in [-0.2, 0) is 9.53 Å². The minimum Gasteiger partial charge on any atom is -0.465 e. The van der Waals surface area contributed by atoms with Crippen molar-refractivity contribution >= 4 is 5.97 Å². The molecule has 0 radical (unpaired) electrons. The van der Waals surface area contributed by atoms with Gasteiger partial charge in [0, 0.05) is 0 Å². The Balaban J connectivity index is 4.67. The highest BCUT2D eigenvalue weighted by molar-refractivity contribution is 5.76. The first-order valence-corrected chi connectivity index (χ1v) is 10.8. The second-order valence-corrected chi connectivity index (χ2v) is 7.49. The number of unbranched alkanes of at least 4 members (excludes halogenated alkanes) is 8. The van der Waals surface area contributed by atoms with E-state index in [9.17, 15) is 4.79 Å². The van der Waals surface area contributed by atoms with E-state index in [1.807, 2.05) is 0 Å². The van der Waals surface area contributed by atoms with Crippen molar-refractivity contribution in [3.8, 4) is 0 Å². The van der Waals surface area contributed by atoms with Gasteiger partial charge in [-0.1, -0.05) is 98.3 Å². The molecule has 0 aromatic heterocycles. The molecule has 0 bridgehead atoms. The molecule has 0 aromatic rings. The smallest absolute Gasteiger partial charge is 0.312 e. The van der Waals surface area contributed by atoms with Crippen LogP contribution >= 0.6 is 0 Å². The van der Waals surface area contributed by atoms with Crippen LogP contribution in [0.3, 0.4) is 0 Å². The number of carbonyl (C=O) groups excluding carboxylic acids is 1. The number of rotatable bonds is 17. The van der Waals surface area contributed by atoms with Gasteiger partial charge in [0.2, 0.25) is 0 Å². The fourth-order valence-corrected chi connectivity index (χ4v) is 3.42. The molecule has 24 heavy (non-hydrogen) atoms. The monoisotopic (exact) mass is 340 g/mol. The Morgan fingerprint density at radius 2 is 1.08 bits per heavy atom. The number of esters is 1. The van der Waals surface area contributed by atoms with Crippen molar-refractivity contribution in [1.29, 1.82) is 0 Å². The molecule has 0 saturated carbocycles. The highest BCUT2D eigenvalue weighted by Crippen LogP contribution is 2.38. The van der Waals surface area contributed by atoms with Crippen LogP contribution in [0.5, 0.6) is 0 Å². The van der Waals surface area contributed by atoms with Gasteiger partial charge in [-0.15, -0.1) is 0 Å². The van der Waals surface area contributed by atoms with Gasteiger partial charge in [-0.2, -0.15) is 0 Å². The molecular weight excluding hydrogens is 296 g/mol. The lowest BCUT2D eigenvalue weighted by molar-refractivity contribution is -0.158. The van der Waals surface area contributed by atoms with E-state index in [1.165, 1.54) is 38.5 Å². The summed E-state index contributed by atoms with van der Waals surface area (Å²) in [6, 6.07) is 0.